The number of hydrogen-bond acceptors (Lipinski definition) is 4. The van der Waals surface area contributed by atoms with Gasteiger partial charge in [0.25, 0.3) is 0 Å². The van der Waals surface area contributed by atoms with E-state index in [2.05, 4.69) is 0 Å². The maximum absolute atomic E-state index is 12.3. The van der Waals surface area contributed by atoms with Gasteiger partial charge in [-0.3, -0.25) is 9.59 Å². The lowest BCUT2D eigenvalue weighted by atomic mass is 9.83. The summed E-state index contributed by atoms with van der Waals surface area (Å²) in [5, 5.41) is 0. The van der Waals surface area contributed by atoms with Crippen molar-refractivity contribution in [1.29, 1.82) is 0 Å². The van der Waals surface area contributed by atoms with Crippen LogP contribution >= 0.6 is 0 Å². The highest BCUT2D eigenvalue weighted by Crippen LogP contribution is 2.27. The van der Waals surface area contributed by atoms with Crippen molar-refractivity contribution in [3.05, 3.63) is 0 Å². The molecule has 20 heavy (non-hydrogen) atoms. The first kappa shape index (κ1) is 15.3. The van der Waals surface area contributed by atoms with Crippen LogP contribution in [0.1, 0.15) is 38.5 Å². The largest absolute Gasteiger partial charge is 0.377 e. The van der Waals surface area contributed by atoms with E-state index in [1.165, 1.54) is 0 Å². The zero-order valence-electron chi connectivity index (χ0n) is 11.9. The number of nitrogens with two attached hydrogens (primary N) is 2. The first-order valence-corrected chi connectivity index (χ1v) is 7.50. The third-order valence-electron chi connectivity index (χ3n) is 4.37. The van der Waals surface area contributed by atoms with Crippen molar-refractivity contribution in [2.75, 3.05) is 19.8 Å². The third kappa shape index (κ3) is 3.93. The monoisotopic (exact) mass is 283 g/mol. The molecule has 2 fully saturated rings. The van der Waals surface area contributed by atoms with Crippen molar-refractivity contribution in [2.24, 2.45) is 17.4 Å². The van der Waals surface area contributed by atoms with E-state index < -0.39 is 11.9 Å². The first-order chi connectivity index (χ1) is 9.58. The van der Waals surface area contributed by atoms with Gasteiger partial charge >= 0.3 is 0 Å². The molecular weight excluding hydrogens is 258 g/mol. The zero-order valence-corrected chi connectivity index (χ0v) is 11.9. The average molecular weight is 283 g/mol. The summed E-state index contributed by atoms with van der Waals surface area (Å²) < 4.78 is 5.22. The Hall–Kier alpha value is -1.14. The topological polar surface area (TPSA) is 98.7 Å². The smallest absolute Gasteiger partial charge is 0.242 e. The molecular formula is C14H25N3O3. The van der Waals surface area contributed by atoms with E-state index in [9.17, 15) is 9.59 Å². The summed E-state index contributed by atoms with van der Waals surface area (Å²) in [6, 6.07) is -0.324. The van der Waals surface area contributed by atoms with Gasteiger partial charge in [-0.25, -0.2) is 0 Å². The normalized spacial score (nSPS) is 31.1. The molecule has 2 amide bonds. The van der Waals surface area contributed by atoms with E-state index >= 15 is 0 Å². The highest BCUT2D eigenvalue weighted by atomic mass is 16.5. The van der Waals surface area contributed by atoms with Crippen molar-refractivity contribution < 1.29 is 14.3 Å². The molecule has 6 nitrogen and oxygen atoms in total. The number of hydrogen-bond donors (Lipinski definition) is 2. The molecule has 2 aliphatic rings. The molecule has 0 bridgehead atoms. The highest BCUT2D eigenvalue weighted by molar-refractivity contribution is 5.86. The lowest BCUT2D eigenvalue weighted by Crippen LogP contribution is -2.54. The van der Waals surface area contributed by atoms with E-state index in [0.29, 0.717) is 25.5 Å². The van der Waals surface area contributed by atoms with Crippen molar-refractivity contribution in [3.63, 3.8) is 0 Å². The lowest BCUT2D eigenvalue weighted by Gasteiger charge is -2.34. The summed E-state index contributed by atoms with van der Waals surface area (Å²) in [7, 11) is 0. The van der Waals surface area contributed by atoms with Crippen LogP contribution in [-0.4, -0.2) is 48.6 Å². The summed E-state index contributed by atoms with van der Waals surface area (Å²) in [6.45, 7) is 1.15. The number of nitrogens with zero attached hydrogens (tertiary/aromatic N) is 1. The quantitative estimate of drug-likeness (QED) is 0.758. The van der Waals surface area contributed by atoms with Gasteiger partial charge in [-0.15, -0.1) is 0 Å². The van der Waals surface area contributed by atoms with Gasteiger partial charge in [0.15, 0.2) is 0 Å². The number of rotatable bonds is 4. The van der Waals surface area contributed by atoms with E-state index in [0.717, 1.165) is 32.1 Å². The van der Waals surface area contributed by atoms with Crippen LogP contribution in [0.5, 0.6) is 0 Å². The minimum Gasteiger partial charge on any atom is -0.377 e. The summed E-state index contributed by atoms with van der Waals surface area (Å²) in [5.74, 6) is 0.0600. The second-order valence-electron chi connectivity index (χ2n) is 5.91. The van der Waals surface area contributed by atoms with Gasteiger partial charge in [0.05, 0.1) is 13.2 Å². The third-order valence-corrected chi connectivity index (χ3v) is 4.37. The number of carbonyl (C=O) groups is 2. The Morgan fingerprint density at radius 3 is 2.80 bits per heavy atom. The Morgan fingerprint density at radius 2 is 2.10 bits per heavy atom. The molecule has 0 radical (unpaired) electrons. The van der Waals surface area contributed by atoms with Crippen LogP contribution < -0.4 is 11.5 Å². The minimum atomic E-state index is -0.607. The van der Waals surface area contributed by atoms with Crippen molar-refractivity contribution in [1.82, 2.24) is 4.90 Å². The minimum absolute atomic E-state index is 0.0104. The summed E-state index contributed by atoms with van der Waals surface area (Å²) >= 11 is 0. The van der Waals surface area contributed by atoms with Crippen LogP contribution in [0.2, 0.25) is 0 Å². The van der Waals surface area contributed by atoms with E-state index in [1.807, 2.05) is 0 Å². The molecule has 1 saturated carbocycles. The molecule has 1 saturated heterocycles. The zero-order chi connectivity index (χ0) is 14.5. The molecule has 4 N–H and O–H groups in total. The molecule has 0 aromatic carbocycles. The second kappa shape index (κ2) is 7.04. The Kier molecular flexibility index (Phi) is 5.37. The highest BCUT2D eigenvalue weighted by Gasteiger charge is 2.31. The Morgan fingerprint density at radius 1 is 1.30 bits per heavy atom. The van der Waals surface area contributed by atoms with Gasteiger partial charge in [-0.2, -0.15) is 0 Å². The van der Waals surface area contributed by atoms with Gasteiger partial charge in [0, 0.05) is 19.0 Å². The molecule has 0 aromatic rings. The fourth-order valence-electron chi connectivity index (χ4n) is 3.20. The van der Waals surface area contributed by atoms with Crippen molar-refractivity contribution in [3.8, 4) is 0 Å². The summed E-state index contributed by atoms with van der Waals surface area (Å²) in [4.78, 5) is 25.2. The van der Waals surface area contributed by atoms with Gasteiger partial charge in [0.1, 0.15) is 6.04 Å². The van der Waals surface area contributed by atoms with Crippen molar-refractivity contribution in [2.45, 2.75) is 50.6 Å². The van der Waals surface area contributed by atoms with Gasteiger partial charge in [-0.05, 0) is 25.2 Å². The molecule has 0 spiro atoms. The maximum atomic E-state index is 12.3. The molecule has 3 unspecified atom stereocenters. The predicted octanol–water partition coefficient (Wildman–Crippen LogP) is -0.00320. The van der Waals surface area contributed by atoms with Crippen LogP contribution in [0.15, 0.2) is 0 Å². The molecule has 1 heterocycles. The summed E-state index contributed by atoms with van der Waals surface area (Å²) in [5.41, 5.74) is 11.3. The van der Waals surface area contributed by atoms with Gasteiger partial charge in [0.2, 0.25) is 11.8 Å². The predicted molar refractivity (Wildman–Crippen MR) is 74.7 cm³/mol. The first-order valence-electron chi connectivity index (χ1n) is 7.50. The molecule has 1 aliphatic carbocycles. The molecule has 0 aromatic heterocycles. The fourth-order valence-corrected chi connectivity index (χ4v) is 3.20. The molecule has 3 atom stereocenters. The molecule has 2 rings (SSSR count). The molecule has 6 heteroatoms. The van der Waals surface area contributed by atoms with E-state index in [-0.39, 0.29) is 18.6 Å². The Labute approximate surface area is 119 Å². The van der Waals surface area contributed by atoms with Crippen LogP contribution in [0.4, 0.5) is 0 Å². The van der Waals surface area contributed by atoms with E-state index in [1.54, 1.807) is 4.90 Å². The number of carbonyl (C=O) groups excluding carboxylic acids is 2. The van der Waals surface area contributed by atoms with Crippen LogP contribution in [-0.2, 0) is 14.3 Å². The van der Waals surface area contributed by atoms with Crippen LogP contribution in [0, 0.1) is 5.92 Å². The van der Waals surface area contributed by atoms with Crippen LogP contribution in [0.25, 0.3) is 0 Å². The SMILES string of the molecule is NC(=O)C1COCCN1C(=O)CCC1CCCC(N)C1. The number of primary amides is 1. The van der Waals surface area contributed by atoms with Crippen molar-refractivity contribution >= 4 is 11.8 Å². The van der Waals surface area contributed by atoms with Gasteiger partial charge < -0.3 is 21.1 Å². The van der Waals surface area contributed by atoms with Crippen LogP contribution in [0.3, 0.4) is 0 Å². The molecule has 114 valence electrons. The average Bonchev–Trinajstić information content (AvgIpc) is 2.45. The summed E-state index contributed by atoms with van der Waals surface area (Å²) in [6.07, 6.45) is 5.74. The number of ether oxygens (including phenoxy) is 1. The second-order valence-corrected chi connectivity index (χ2v) is 5.91. The van der Waals surface area contributed by atoms with Gasteiger partial charge in [-0.1, -0.05) is 12.8 Å². The maximum Gasteiger partial charge on any atom is 0.242 e. The number of morpholine rings is 1. The lowest BCUT2D eigenvalue weighted by molar-refractivity contribution is -0.147. The fraction of sp³-hybridized carbons (Fsp3) is 0.857. The Bertz CT molecular complexity index is 362. The Balaban J connectivity index is 1.82. The van der Waals surface area contributed by atoms with E-state index in [4.69, 9.17) is 16.2 Å². The standard InChI is InChI=1S/C14H25N3O3/c15-11-3-1-2-10(8-11)4-5-13(18)17-6-7-20-9-12(17)14(16)19/h10-12H,1-9,15H2,(H2,16,19). The molecule has 1 aliphatic heterocycles. The number of amides is 2.